The van der Waals surface area contributed by atoms with Gasteiger partial charge in [-0.3, -0.25) is 0 Å². The summed E-state index contributed by atoms with van der Waals surface area (Å²) in [5, 5.41) is 0. The Morgan fingerprint density at radius 2 is 1.00 bits per heavy atom. The van der Waals surface area contributed by atoms with E-state index in [2.05, 4.69) is 0 Å². The van der Waals surface area contributed by atoms with E-state index in [4.69, 9.17) is 0 Å². The standard InChI is InChI=1S/Ca.Fe.Na.Ni.V.3H. The smallest absolute Gasteiger partial charge is 0 e. The molecule has 0 aromatic rings. The summed E-state index contributed by atoms with van der Waals surface area (Å²) < 4.78 is 0. The molecular formula is H3CaFeNaNiV. The van der Waals surface area contributed by atoms with E-state index in [1.165, 1.54) is 0 Å². The minimum atomic E-state index is 0. The topological polar surface area (TPSA) is 0 Å². The summed E-state index contributed by atoms with van der Waals surface area (Å²) in [7, 11) is 0. The number of hydrogen-bond acceptors (Lipinski definition) is 0. The van der Waals surface area contributed by atoms with Crippen molar-refractivity contribution in [1.29, 1.82) is 0 Å². The van der Waals surface area contributed by atoms with Crippen LogP contribution in [0.4, 0.5) is 0 Å². The molecule has 0 fully saturated rings. The van der Waals surface area contributed by atoms with E-state index in [0.717, 1.165) is 0 Å². The van der Waals surface area contributed by atoms with Crippen molar-refractivity contribution in [2.45, 2.75) is 0 Å². The van der Waals surface area contributed by atoms with Crippen molar-refractivity contribution in [1.82, 2.24) is 0 Å². The van der Waals surface area contributed by atoms with Gasteiger partial charge in [0.2, 0.25) is 0 Å². The predicted octanol–water partition coefficient (Wildman–Crippen LogP) is -1.57. The summed E-state index contributed by atoms with van der Waals surface area (Å²) in [6.45, 7) is 0. The van der Waals surface area contributed by atoms with Crippen LogP contribution in [0.5, 0.6) is 0 Å². The Balaban J connectivity index is 0. The van der Waals surface area contributed by atoms with Gasteiger partial charge in [-0.15, -0.1) is 0 Å². The van der Waals surface area contributed by atoms with Crippen molar-refractivity contribution in [3.05, 3.63) is 0 Å². The van der Waals surface area contributed by atoms with Gasteiger partial charge in [0.05, 0.1) is 0 Å². The van der Waals surface area contributed by atoms with E-state index in [0.29, 0.717) is 0 Å². The summed E-state index contributed by atoms with van der Waals surface area (Å²) in [5.74, 6) is 0. The second-order valence-corrected chi connectivity index (χ2v) is 0. The molecule has 0 atom stereocenters. The Morgan fingerprint density at radius 3 is 1.00 bits per heavy atom. The maximum absolute atomic E-state index is 0. The second-order valence-electron chi connectivity index (χ2n) is 0. The summed E-state index contributed by atoms with van der Waals surface area (Å²) in [4.78, 5) is 0. The molecule has 0 unspecified atom stereocenters. The van der Waals surface area contributed by atoms with Gasteiger partial charge < -0.3 is 0 Å². The average molecular weight is 232 g/mol. The van der Waals surface area contributed by atoms with Crippen LogP contribution in [0.25, 0.3) is 0 Å². The molecule has 0 spiro atoms. The van der Waals surface area contributed by atoms with Gasteiger partial charge in [0, 0.05) is 52.1 Å². The molecule has 0 aliphatic heterocycles. The number of hydrogen-bond donors (Lipinski definition) is 0. The molecule has 0 aromatic carbocycles. The SMILES string of the molecule is [CaH2].[Fe].[NaH].[Ni].[V]. The van der Waals surface area contributed by atoms with Crippen LogP contribution in [-0.4, -0.2) is 67.3 Å². The van der Waals surface area contributed by atoms with Gasteiger partial charge in [-0.1, -0.05) is 0 Å². The van der Waals surface area contributed by atoms with Crippen LogP contribution in [-0.2, 0) is 52.1 Å². The predicted molar refractivity (Wildman–Crippen MR) is 15.7 cm³/mol. The summed E-state index contributed by atoms with van der Waals surface area (Å²) in [5.41, 5.74) is 0. The van der Waals surface area contributed by atoms with E-state index < -0.39 is 0 Å². The molecular weight excluding hydrogens is 229 g/mol. The Kier molecular flexibility index (Phi) is 183. The Bertz CT molecular complexity index is 11.6. The molecule has 0 aromatic heterocycles. The molecule has 0 saturated carbocycles. The van der Waals surface area contributed by atoms with Gasteiger partial charge >= 0.3 is 67.3 Å². The quantitative estimate of drug-likeness (QED) is 0.442. The largest absolute Gasteiger partial charge is 0 e. The molecule has 1 radical (unpaired) electrons. The van der Waals surface area contributed by atoms with Crippen LogP contribution in [0, 0.1) is 0 Å². The summed E-state index contributed by atoms with van der Waals surface area (Å²) in [6, 6.07) is 0. The van der Waals surface area contributed by atoms with Gasteiger partial charge in [-0.05, 0) is 0 Å². The van der Waals surface area contributed by atoms with Crippen molar-refractivity contribution >= 4 is 67.3 Å². The molecule has 5 heavy (non-hydrogen) atoms. The van der Waals surface area contributed by atoms with Crippen LogP contribution < -0.4 is 0 Å². The van der Waals surface area contributed by atoms with Crippen molar-refractivity contribution < 1.29 is 52.1 Å². The Hall–Kier alpha value is 3.86. The molecule has 0 nitrogen and oxygen atoms in total. The van der Waals surface area contributed by atoms with Crippen LogP contribution in [0.15, 0.2) is 0 Å². The normalized spacial score (nSPS) is 0. The van der Waals surface area contributed by atoms with Crippen molar-refractivity contribution in [3.63, 3.8) is 0 Å². The van der Waals surface area contributed by atoms with E-state index in [-0.39, 0.29) is 119 Å². The second kappa shape index (κ2) is 24.8. The third-order valence-corrected chi connectivity index (χ3v) is 0. The fourth-order valence-electron chi connectivity index (χ4n) is 0. The molecule has 0 aliphatic carbocycles. The van der Waals surface area contributed by atoms with E-state index in [9.17, 15) is 0 Å². The molecule has 5 heteroatoms. The minimum Gasteiger partial charge on any atom is 0 e. The third-order valence-electron chi connectivity index (χ3n) is 0. The average Bonchev–Trinajstić information content (AvgIpc) is 0. The molecule has 0 N–H and O–H groups in total. The summed E-state index contributed by atoms with van der Waals surface area (Å²) in [6.07, 6.45) is 0. The van der Waals surface area contributed by atoms with Gasteiger partial charge in [0.25, 0.3) is 0 Å². The van der Waals surface area contributed by atoms with Crippen LogP contribution >= 0.6 is 0 Å². The molecule has 0 saturated heterocycles. The molecule has 0 heterocycles. The maximum atomic E-state index is 0. The first-order valence-corrected chi connectivity index (χ1v) is 0. The monoisotopic (exact) mass is 231 g/mol. The summed E-state index contributed by atoms with van der Waals surface area (Å²) >= 11 is 0. The first-order valence-electron chi connectivity index (χ1n) is 0. The van der Waals surface area contributed by atoms with E-state index in [1.807, 2.05) is 0 Å². The molecule has 29 valence electrons. The first kappa shape index (κ1) is 36.8. The van der Waals surface area contributed by atoms with Crippen molar-refractivity contribution in [3.8, 4) is 0 Å². The Labute approximate surface area is 117 Å². The zero-order valence-corrected chi connectivity index (χ0v) is 4.61. The van der Waals surface area contributed by atoms with Crippen molar-refractivity contribution in [2.75, 3.05) is 0 Å². The fourth-order valence-corrected chi connectivity index (χ4v) is 0. The van der Waals surface area contributed by atoms with Gasteiger partial charge in [-0.2, -0.15) is 0 Å². The molecule has 0 aliphatic rings. The van der Waals surface area contributed by atoms with Crippen LogP contribution in [0.1, 0.15) is 0 Å². The van der Waals surface area contributed by atoms with E-state index in [1.54, 1.807) is 0 Å². The number of rotatable bonds is 0. The molecule has 0 bridgehead atoms. The van der Waals surface area contributed by atoms with Gasteiger partial charge in [0.15, 0.2) is 0 Å². The molecule has 0 rings (SSSR count). The zero-order valence-electron chi connectivity index (χ0n) is 1.12. The maximum Gasteiger partial charge on any atom is 0 e. The first-order chi connectivity index (χ1) is 0. The van der Waals surface area contributed by atoms with Crippen LogP contribution in [0.2, 0.25) is 0 Å². The van der Waals surface area contributed by atoms with Gasteiger partial charge in [0.1, 0.15) is 0 Å². The van der Waals surface area contributed by atoms with Crippen LogP contribution in [0.3, 0.4) is 0 Å². The molecule has 0 amide bonds. The van der Waals surface area contributed by atoms with Gasteiger partial charge in [-0.25, -0.2) is 0 Å². The van der Waals surface area contributed by atoms with Crippen molar-refractivity contribution in [2.24, 2.45) is 0 Å². The fraction of sp³-hybridized carbons (Fsp3) is 0. The minimum absolute atomic E-state index is 0. The van der Waals surface area contributed by atoms with E-state index >= 15 is 0 Å². The Morgan fingerprint density at radius 1 is 1.00 bits per heavy atom. The zero-order chi connectivity index (χ0) is 0. The third kappa shape index (κ3) is 18.1.